The summed E-state index contributed by atoms with van der Waals surface area (Å²) in [5.74, 6) is 1.11. The third kappa shape index (κ3) is 6.14. The summed E-state index contributed by atoms with van der Waals surface area (Å²) >= 11 is 0. The summed E-state index contributed by atoms with van der Waals surface area (Å²) in [5.41, 5.74) is 12.6. The number of para-hydroxylation sites is 1. The summed E-state index contributed by atoms with van der Waals surface area (Å²) in [6.07, 6.45) is 3.74. The van der Waals surface area contributed by atoms with E-state index in [0.29, 0.717) is 24.6 Å². The van der Waals surface area contributed by atoms with Crippen molar-refractivity contribution in [1.29, 1.82) is 0 Å². The predicted octanol–water partition coefficient (Wildman–Crippen LogP) is 2.76. The number of carbonyl (C=O) groups is 2. The van der Waals surface area contributed by atoms with E-state index in [2.05, 4.69) is 5.32 Å². The lowest BCUT2D eigenvalue weighted by Crippen LogP contribution is -2.47. The van der Waals surface area contributed by atoms with E-state index in [1.807, 2.05) is 54.6 Å². The summed E-state index contributed by atoms with van der Waals surface area (Å²) in [7, 11) is 0. The molecule has 1 fully saturated rings. The van der Waals surface area contributed by atoms with Crippen LogP contribution in [0.15, 0.2) is 54.6 Å². The molecule has 0 spiro atoms. The predicted molar refractivity (Wildman–Crippen MR) is 112 cm³/mol. The molecule has 6 heteroatoms. The van der Waals surface area contributed by atoms with Gasteiger partial charge in [0, 0.05) is 5.92 Å². The Balaban J connectivity index is 1.51. The molecule has 2 aromatic carbocycles. The number of carbonyl (C=O) groups excluding carboxylic acids is 2. The second-order valence-corrected chi connectivity index (χ2v) is 7.68. The van der Waals surface area contributed by atoms with E-state index in [4.69, 9.17) is 16.2 Å². The Morgan fingerprint density at radius 2 is 1.69 bits per heavy atom. The minimum Gasteiger partial charge on any atom is -0.457 e. The van der Waals surface area contributed by atoms with Gasteiger partial charge < -0.3 is 16.2 Å². The summed E-state index contributed by atoms with van der Waals surface area (Å²) < 4.78 is 5.82. The molecule has 1 aliphatic carbocycles. The lowest BCUT2D eigenvalue weighted by molar-refractivity contribution is -0.134. The Hall–Kier alpha value is -2.70. The average Bonchev–Trinajstić information content (AvgIpc) is 2.74. The Labute approximate surface area is 171 Å². The number of ether oxygens (including phenoxy) is 1. The molecular weight excluding hydrogens is 366 g/mol. The molecule has 0 saturated heterocycles. The number of hydrogen-bond acceptors (Lipinski definition) is 5. The number of rotatable bonds is 7. The van der Waals surface area contributed by atoms with Crippen molar-refractivity contribution in [2.24, 2.45) is 23.3 Å². The molecule has 0 aromatic heterocycles. The van der Waals surface area contributed by atoms with Crippen LogP contribution in [0.2, 0.25) is 0 Å². The minimum absolute atomic E-state index is 0.128. The monoisotopic (exact) mass is 395 g/mol. The van der Waals surface area contributed by atoms with E-state index < -0.39 is 11.9 Å². The number of nitrogens with one attached hydrogen (secondary N) is 1. The van der Waals surface area contributed by atoms with E-state index in [1.54, 1.807) is 0 Å². The van der Waals surface area contributed by atoms with Gasteiger partial charge in [-0.15, -0.1) is 0 Å². The van der Waals surface area contributed by atoms with Crippen LogP contribution in [-0.4, -0.2) is 24.4 Å². The topological polar surface area (TPSA) is 107 Å². The Morgan fingerprint density at radius 1 is 1.00 bits per heavy atom. The number of nitrogens with two attached hydrogens (primary N) is 2. The van der Waals surface area contributed by atoms with E-state index in [0.717, 1.165) is 37.0 Å². The van der Waals surface area contributed by atoms with Gasteiger partial charge in [-0.3, -0.25) is 14.9 Å². The van der Waals surface area contributed by atoms with Crippen LogP contribution in [0.4, 0.5) is 0 Å². The van der Waals surface area contributed by atoms with E-state index in [-0.39, 0.29) is 11.8 Å². The fraction of sp³-hybridized carbons (Fsp3) is 0.391. The molecule has 2 amide bonds. The lowest BCUT2D eigenvalue weighted by atomic mass is 9.81. The van der Waals surface area contributed by atoms with Gasteiger partial charge in [0.15, 0.2) is 0 Å². The molecule has 154 valence electrons. The van der Waals surface area contributed by atoms with Gasteiger partial charge in [0.1, 0.15) is 11.5 Å². The van der Waals surface area contributed by atoms with Crippen LogP contribution >= 0.6 is 0 Å². The van der Waals surface area contributed by atoms with Gasteiger partial charge >= 0.3 is 0 Å². The Morgan fingerprint density at radius 3 is 2.38 bits per heavy atom. The first-order valence-corrected chi connectivity index (χ1v) is 10.2. The molecule has 3 rings (SSSR count). The van der Waals surface area contributed by atoms with Crippen LogP contribution in [0, 0.1) is 11.8 Å². The van der Waals surface area contributed by atoms with E-state index >= 15 is 0 Å². The van der Waals surface area contributed by atoms with Gasteiger partial charge in [0.05, 0.1) is 6.04 Å². The molecular formula is C23H29N3O3. The molecule has 0 heterocycles. The van der Waals surface area contributed by atoms with Gasteiger partial charge in [0.25, 0.3) is 0 Å². The smallest absolute Gasteiger partial charge is 0.243 e. The highest BCUT2D eigenvalue weighted by Crippen LogP contribution is 2.28. The molecule has 1 atom stereocenters. The fourth-order valence-corrected chi connectivity index (χ4v) is 3.68. The first-order valence-electron chi connectivity index (χ1n) is 10.2. The van der Waals surface area contributed by atoms with Crippen molar-refractivity contribution in [2.75, 3.05) is 6.54 Å². The molecule has 0 aliphatic heterocycles. The molecule has 0 radical (unpaired) electrons. The number of imide groups is 1. The van der Waals surface area contributed by atoms with Crippen LogP contribution in [0.5, 0.6) is 11.5 Å². The number of amides is 2. The third-order valence-electron chi connectivity index (χ3n) is 5.47. The average molecular weight is 396 g/mol. The molecule has 1 unspecified atom stereocenters. The normalized spacial score (nSPS) is 19.9. The maximum atomic E-state index is 12.4. The SMILES string of the molecule is NCC1CCC(C(=O)NC(=O)C(N)Cc2cccc(Oc3ccccc3)c2)CC1. The maximum Gasteiger partial charge on any atom is 0.243 e. The largest absolute Gasteiger partial charge is 0.457 e. The molecule has 2 aromatic rings. The zero-order valence-corrected chi connectivity index (χ0v) is 16.6. The molecule has 1 aliphatic rings. The van der Waals surface area contributed by atoms with Gasteiger partial charge in [-0.25, -0.2) is 0 Å². The molecule has 0 bridgehead atoms. The zero-order valence-electron chi connectivity index (χ0n) is 16.6. The van der Waals surface area contributed by atoms with Crippen molar-refractivity contribution in [2.45, 2.75) is 38.1 Å². The van der Waals surface area contributed by atoms with Crippen molar-refractivity contribution < 1.29 is 14.3 Å². The summed E-state index contributed by atoms with van der Waals surface area (Å²) in [4.78, 5) is 24.8. The molecule has 6 nitrogen and oxygen atoms in total. The van der Waals surface area contributed by atoms with Crippen LogP contribution in [-0.2, 0) is 16.0 Å². The third-order valence-corrected chi connectivity index (χ3v) is 5.47. The van der Waals surface area contributed by atoms with Crippen LogP contribution in [0.1, 0.15) is 31.2 Å². The number of hydrogen-bond donors (Lipinski definition) is 3. The van der Waals surface area contributed by atoms with E-state index in [1.165, 1.54) is 0 Å². The highest BCUT2D eigenvalue weighted by molar-refractivity contribution is 5.98. The Kier molecular flexibility index (Phi) is 7.38. The van der Waals surface area contributed by atoms with Crippen molar-refractivity contribution in [1.82, 2.24) is 5.32 Å². The van der Waals surface area contributed by atoms with E-state index in [9.17, 15) is 9.59 Å². The highest BCUT2D eigenvalue weighted by Gasteiger charge is 2.27. The number of benzene rings is 2. The van der Waals surface area contributed by atoms with Crippen molar-refractivity contribution >= 4 is 11.8 Å². The quantitative estimate of drug-likeness (QED) is 0.668. The van der Waals surface area contributed by atoms with Gasteiger partial charge in [-0.1, -0.05) is 30.3 Å². The summed E-state index contributed by atoms with van der Waals surface area (Å²) in [6.45, 7) is 0.658. The first kappa shape index (κ1) is 21.0. The lowest BCUT2D eigenvalue weighted by Gasteiger charge is -2.26. The second kappa shape index (κ2) is 10.2. The molecule has 5 N–H and O–H groups in total. The van der Waals surface area contributed by atoms with Crippen LogP contribution in [0.25, 0.3) is 0 Å². The van der Waals surface area contributed by atoms with Crippen molar-refractivity contribution in [3.05, 3.63) is 60.2 Å². The standard InChI is InChI=1S/C23H29N3O3/c24-15-16-9-11-18(12-10-16)22(27)26-23(28)21(25)14-17-5-4-8-20(13-17)29-19-6-2-1-3-7-19/h1-8,13,16,18,21H,9-12,14-15,24-25H2,(H,26,27,28). The van der Waals surface area contributed by atoms with Crippen molar-refractivity contribution in [3.63, 3.8) is 0 Å². The maximum absolute atomic E-state index is 12.4. The molecule has 29 heavy (non-hydrogen) atoms. The van der Waals surface area contributed by atoms with Crippen molar-refractivity contribution in [3.8, 4) is 11.5 Å². The summed E-state index contributed by atoms with van der Waals surface area (Å²) in [6, 6.07) is 16.1. The molecule has 1 saturated carbocycles. The zero-order chi connectivity index (χ0) is 20.6. The van der Waals surface area contributed by atoms with Crippen LogP contribution < -0.4 is 21.5 Å². The highest BCUT2D eigenvalue weighted by atomic mass is 16.5. The van der Waals surface area contributed by atoms with Crippen LogP contribution in [0.3, 0.4) is 0 Å². The van der Waals surface area contributed by atoms with Gasteiger partial charge in [-0.05, 0) is 74.4 Å². The minimum atomic E-state index is -0.800. The Bertz CT molecular complexity index is 817. The summed E-state index contributed by atoms with van der Waals surface area (Å²) in [5, 5.41) is 2.49. The first-order chi connectivity index (χ1) is 14.0. The second-order valence-electron chi connectivity index (χ2n) is 7.68. The van der Waals surface area contributed by atoms with Gasteiger partial charge in [-0.2, -0.15) is 0 Å². The van der Waals surface area contributed by atoms with Gasteiger partial charge in [0.2, 0.25) is 11.8 Å². The fourth-order valence-electron chi connectivity index (χ4n) is 3.68.